The number of amides is 1. The summed E-state index contributed by atoms with van der Waals surface area (Å²) in [5.41, 5.74) is 2.36. The first kappa shape index (κ1) is 22.0. The van der Waals surface area contributed by atoms with Gasteiger partial charge in [0.2, 0.25) is 5.91 Å². The Labute approximate surface area is 187 Å². The molecule has 0 spiro atoms. The van der Waals surface area contributed by atoms with Crippen LogP contribution in [0.4, 0.5) is 0 Å². The number of fused-ring (bicyclic) bond motifs is 1. The second-order valence-electron chi connectivity index (χ2n) is 8.56. The molecule has 0 N–H and O–H groups in total. The summed E-state index contributed by atoms with van der Waals surface area (Å²) in [5.74, 6) is 2.12. The van der Waals surface area contributed by atoms with Crippen molar-refractivity contribution in [2.75, 3.05) is 39.0 Å². The number of methoxy groups -OCH3 is 1. The zero-order chi connectivity index (χ0) is 21.6. The van der Waals surface area contributed by atoms with Crippen LogP contribution in [0.25, 0.3) is 0 Å². The molecule has 2 heterocycles. The van der Waals surface area contributed by atoms with Crippen molar-refractivity contribution in [1.82, 2.24) is 9.80 Å². The molecule has 2 aromatic rings. The van der Waals surface area contributed by atoms with E-state index in [2.05, 4.69) is 35.2 Å². The summed E-state index contributed by atoms with van der Waals surface area (Å²) in [6.45, 7) is 3.99. The highest BCUT2D eigenvalue weighted by atomic mass is 32.2. The van der Waals surface area contributed by atoms with Crippen molar-refractivity contribution in [2.24, 2.45) is 5.92 Å². The van der Waals surface area contributed by atoms with Gasteiger partial charge in [0.1, 0.15) is 5.75 Å². The number of likely N-dealkylation sites (tertiary alicyclic amines) is 1. The molecular weight excluding hydrogens is 408 g/mol. The van der Waals surface area contributed by atoms with Crippen LogP contribution in [0.2, 0.25) is 0 Å². The third-order valence-electron chi connectivity index (χ3n) is 6.49. The number of nitrogens with zero attached hydrogens (tertiary/aromatic N) is 2. The predicted octanol–water partition coefficient (Wildman–Crippen LogP) is 3.49. The number of ether oxygens (including phenoxy) is 1. The molecule has 6 heteroatoms. The Bertz CT molecular complexity index is 910. The summed E-state index contributed by atoms with van der Waals surface area (Å²) < 4.78 is 17.9. The van der Waals surface area contributed by atoms with Crippen LogP contribution in [0.3, 0.4) is 0 Å². The monoisotopic (exact) mass is 440 g/mol. The Morgan fingerprint density at radius 1 is 1.10 bits per heavy atom. The fraction of sp³-hybridized carbons (Fsp3) is 0.480. The van der Waals surface area contributed by atoms with Gasteiger partial charge in [-0.2, -0.15) is 0 Å². The van der Waals surface area contributed by atoms with E-state index in [0.717, 1.165) is 48.2 Å². The third-order valence-corrected chi connectivity index (χ3v) is 7.93. The van der Waals surface area contributed by atoms with Gasteiger partial charge in [-0.1, -0.05) is 30.3 Å². The van der Waals surface area contributed by atoms with Crippen LogP contribution < -0.4 is 4.74 Å². The molecule has 4 rings (SSSR count). The van der Waals surface area contributed by atoms with Crippen molar-refractivity contribution in [3.63, 3.8) is 0 Å². The van der Waals surface area contributed by atoms with Gasteiger partial charge in [-0.15, -0.1) is 0 Å². The zero-order valence-electron chi connectivity index (χ0n) is 18.3. The summed E-state index contributed by atoms with van der Waals surface area (Å²) in [7, 11) is 0.557. The van der Waals surface area contributed by atoms with Crippen molar-refractivity contribution in [1.29, 1.82) is 0 Å². The lowest BCUT2D eigenvalue weighted by Gasteiger charge is -2.32. The fourth-order valence-electron chi connectivity index (χ4n) is 4.60. The maximum atomic E-state index is 12.9. The summed E-state index contributed by atoms with van der Waals surface area (Å²) in [6.07, 6.45) is 4.06. The molecule has 1 amide bonds. The van der Waals surface area contributed by atoms with Crippen LogP contribution in [0.15, 0.2) is 53.4 Å². The molecule has 5 nitrogen and oxygen atoms in total. The van der Waals surface area contributed by atoms with Crippen molar-refractivity contribution in [3.05, 3.63) is 59.7 Å². The van der Waals surface area contributed by atoms with Crippen LogP contribution in [-0.4, -0.2) is 59.0 Å². The number of piperidine rings is 1. The van der Waals surface area contributed by atoms with E-state index in [1.165, 1.54) is 18.4 Å². The minimum absolute atomic E-state index is 0.152. The Kier molecular flexibility index (Phi) is 7.41. The molecular formula is C25H32N2O3S. The molecule has 0 aromatic heterocycles. The van der Waals surface area contributed by atoms with Crippen molar-refractivity contribution < 1.29 is 13.7 Å². The van der Waals surface area contributed by atoms with Crippen LogP contribution in [0.1, 0.15) is 30.4 Å². The third kappa shape index (κ3) is 5.74. The van der Waals surface area contributed by atoms with Gasteiger partial charge in [-0.3, -0.25) is 9.00 Å². The molecule has 2 aliphatic heterocycles. The van der Waals surface area contributed by atoms with Crippen molar-refractivity contribution >= 4 is 16.7 Å². The van der Waals surface area contributed by atoms with Gasteiger partial charge < -0.3 is 14.5 Å². The van der Waals surface area contributed by atoms with E-state index in [4.69, 9.17) is 4.74 Å². The second kappa shape index (κ2) is 10.4. The molecule has 0 bridgehead atoms. The van der Waals surface area contributed by atoms with E-state index in [0.29, 0.717) is 25.3 Å². The van der Waals surface area contributed by atoms with E-state index in [-0.39, 0.29) is 5.91 Å². The normalized spacial score (nSPS) is 20.2. The number of hydrogen-bond acceptors (Lipinski definition) is 4. The Morgan fingerprint density at radius 3 is 2.61 bits per heavy atom. The average Bonchev–Trinajstić information content (AvgIpc) is 2.97. The van der Waals surface area contributed by atoms with Gasteiger partial charge in [0.05, 0.1) is 17.9 Å². The molecule has 0 saturated carbocycles. The number of hydrogen-bond donors (Lipinski definition) is 0. The van der Waals surface area contributed by atoms with Gasteiger partial charge in [-0.25, -0.2) is 0 Å². The number of carbonyl (C=O) groups excluding carboxylic acids is 1. The van der Waals surface area contributed by atoms with E-state index in [1.54, 1.807) is 7.11 Å². The van der Waals surface area contributed by atoms with E-state index in [9.17, 15) is 9.00 Å². The molecule has 2 aliphatic rings. The lowest BCUT2D eigenvalue weighted by Crippen LogP contribution is -2.38. The highest BCUT2D eigenvalue weighted by molar-refractivity contribution is 7.85. The molecule has 1 saturated heterocycles. The maximum Gasteiger partial charge on any atom is 0.224 e. The summed E-state index contributed by atoms with van der Waals surface area (Å²) in [4.78, 5) is 18.1. The lowest BCUT2D eigenvalue weighted by atomic mass is 9.90. The van der Waals surface area contributed by atoms with Crippen LogP contribution >= 0.6 is 0 Å². The predicted molar refractivity (Wildman–Crippen MR) is 124 cm³/mol. The largest absolute Gasteiger partial charge is 0.497 e. The van der Waals surface area contributed by atoms with Crippen molar-refractivity contribution in [3.8, 4) is 5.75 Å². The van der Waals surface area contributed by atoms with Crippen LogP contribution in [0.5, 0.6) is 5.75 Å². The minimum Gasteiger partial charge on any atom is -0.497 e. The summed E-state index contributed by atoms with van der Waals surface area (Å²) in [6, 6.07) is 16.4. The highest BCUT2D eigenvalue weighted by Gasteiger charge is 2.25. The van der Waals surface area contributed by atoms with Crippen LogP contribution in [0, 0.1) is 5.92 Å². The summed E-state index contributed by atoms with van der Waals surface area (Å²) >= 11 is 0. The number of rotatable bonds is 6. The number of benzene rings is 2. The molecule has 1 fully saturated rings. The fourth-order valence-corrected chi connectivity index (χ4v) is 5.84. The lowest BCUT2D eigenvalue weighted by molar-refractivity contribution is -0.132. The smallest absolute Gasteiger partial charge is 0.224 e. The standard InChI is InChI=1S/C25H32N2O3S/c1-30-23-7-8-24-22(18-23)19-27(15-16-31(24)29)25(28)11-14-26-12-9-21(10-13-26)17-20-5-3-2-4-6-20/h2-8,18,21H,9-17,19H2,1H3/t31-/m1/s1. The highest BCUT2D eigenvalue weighted by Crippen LogP contribution is 2.26. The topological polar surface area (TPSA) is 49.9 Å². The molecule has 0 aliphatic carbocycles. The molecule has 2 aromatic carbocycles. The molecule has 1 atom stereocenters. The van der Waals surface area contributed by atoms with E-state index < -0.39 is 10.8 Å². The van der Waals surface area contributed by atoms with Gasteiger partial charge in [0.15, 0.2) is 0 Å². The quantitative estimate of drug-likeness (QED) is 0.690. The maximum absolute atomic E-state index is 12.9. The average molecular weight is 441 g/mol. The minimum atomic E-state index is -1.07. The first-order valence-electron chi connectivity index (χ1n) is 11.2. The first-order chi connectivity index (χ1) is 15.1. The summed E-state index contributed by atoms with van der Waals surface area (Å²) in [5, 5.41) is 0. The first-order valence-corrected chi connectivity index (χ1v) is 12.5. The van der Waals surface area contributed by atoms with E-state index >= 15 is 0 Å². The SMILES string of the molecule is COc1ccc2c(c1)CN(C(=O)CCN1CCC(Cc3ccccc3)CC1)CC[S@]2=O. The molecule has 166 valence electrons. The van der Waals surface area contributed by atoms with Gasteiger partial charge >= 0.3 is 0 Å². The van der Waals surface area contributed by atoms with Gasteiger partial charge in [-0.05, 0) is 67.6 Å². The van der Waals surface area contributed by atoms with Gasteiger partial charge in [0, 0.05) is 36.7 Å². The Balaban J connectivity index is 1.26. The molecule has 31 heavy (non-hydrogen) atoms. The van der Waals surface area contributed by atoms with Crippen LogP contribution in [-0.2, 0) is 28.6 Å². The van der Waals surface area contributed by atoms with E-state index in [1.807, 2.05) is 23.1 Å². The Hall–Kier alpha value is -2.18. The van der Waals surface area contributed by atoms with Crippen molar-refractivity contribution in [2.45, 2.75) is 37.1 Å². The second-order valence-corrected chi connectivity index (χ2v) is 10.1. The molecule has 0 unspecified atom stereocenters. The van der Waals surface area contributed by atoms with Gasteiger partial charge in [0.25, 0.3) is 0 Å². The number of carbonyl (C=O) groups is 1. The molecule has 0 radical (unpaired) electrons. The Morgan fingerprint density at radius 2 is 1.87 bits per heavy atom. The zero-order valence-corrected chi connectivity index (χ0v) is 19.1.